The first-order valence-corrected chi connectivity index (χ1v) is 8.89. The lowest BCUT2D eigenvalue weighted by molar-refractivity contribution is 0.0917. The smallest absolute Gasteiger partial charge is 0.287 e. The first kappa shape index (κ1) is 19.3. The van der Waals surface area contributed by atoms with Gasteiger partial charge in [-0.05, 0) is 55.9 Å². The van der Waals surface area contributed by atoms with Crippen LogP contribution in [0.25, 0.3) is 0 Å². The van der Waals surface area contributed by atoms with Crippen molar-refractivity contribution in [3.63, 3.8) is 0 Å². The third kappa shape index (κ3) is 5.80. The number of hydrogen-bond acceptors (Lipinski definition) is 4. The second kappa shape index (κ2) is 9.49. The van der Waals surface area contributed by atoms with Gasteiger partial charge < -0.3 is 19.4 Å². The Morgan fingerprint density at radius 3 is 2.68 bits per heavy atom. The third-order valence-corrected chi connectivity index (χ3v) is 4.24. The summed E-state index contributed by atoms with van der Waals surface area (Å²) in [6.07, 6.45) is 0. The van der Waals surface area contributed by atoms with E-state index in [1.165, 1.54) is 0 Å². The predicted octanol–water partition coefficient (Wildman–Crippen LogP) is 3.89. The summed E-state index contributed by atoms with van der Waals surface area (Å²) in [4.78, 5) is 14.3. The Hall–Kier alpha value is -1.98. The molecule has 0 atom stereocenters. The zero-order chi connectivity index (χ0) is 18.2. The Balaban J connectivity index is 1.83. The molecule has 0 aliphatic carbocycles. The minimum absolute atomic E-state index is 0.207. The molecule has 0 saturated carbocycles. The van der Waals surface area contributed by atoms with Gasteiger partial charge >= 0.3 is 0 Å². The molecule has 1 aromatic carbocycles. The topological polar surface area (TPSA) is 54.7 Å². The molecule has 2 rings (SSSR count). The maximum atomic E-state index is 12.1. The highest BCUT2D eigenvalue weighted by Crippen LogP contribution is 2.23. The zero-order valence-corrected chi connectivity index (χ0v) is 15.7. The summed E-state index contributed by atoms with van der Waals surface area (Å²) in [7, 11) is 0. The van der Waals surface area contributed by atoms with Gasteiger partial charge in [-0.15, -0.1) is 0 Å². The molecular weight excluding hydrogens is 340 g/mol. The number of nitrogens with one attached hydrogen (secondary N) is 1. The van der Waals surface area contributed by atoms with E-state index in [2.05, 4.69) is 24.1 Å². The van der Waals surface area contributed by atoms with Crippen molar-refractivity contribution >= 4 is 17.5 Å². The average molecular weight is 365 g/mol. The van der Waals surface area contributed by atoms with Gasteiger partial charge in [-0.2, -0.15) is 0 Å². The first-order valence-electron chi connectivity index (χ1n) is 8.51. The lowest BCUT2D eigenvalue weighted by atomic mass is 10.2. The molecule has 1 N–H and O–H groups in total. The maximum absolute atomic E-state index is 12.1. The highest BCUT2D eigenvalue weighted by atomic mass is 35.5. The maximum Gasteiger partial charge on any atom is 0.287 e. The highest BCUT2D eigenvalue weighted by molar-refractivity contribution is 6.30. The summed E-state index contributed by atoms with van der Waals surface area (Å²) >= 11 is 5.93. The molecule has 0 saturated heterocycles. The van der Waals surface area contributed by atoms with Gasteiger partial charge in [0.05, 0.1) is 0 Å². The number of furan rings is 1. The number of halogens is 1. The summed E-state index contributed by atoms with van der Waals surface area (Å²) in [6.45, 7) is 9.76. The molecule has 0 radical (unpaired) electrons. The van der Waals surface area contributed by atoms with Crippen LogP contribution in [0.15, 0.2) is 34.7 Å². The van der Waals surface area contributed by atoms with E-state index >= 15 is 0 Å². The van der Waals surface area contributed by atoms with Crippen LogP contribution in [0.2, 0.25) is 5.02 Å². The van der Waals surface area contributed by atoms with Crippen LogP contribution < -0.4 is 10.1 Å². The van der Waals surface area contributed by atoms with Crippen molar-refractivity contribution in [2.75, 3.05) is 26.2 Å². The Morgan fingerprint density at radius 1 is 1.24 bits per heavy atom. The number of amides is 1. The molecule has 1 heterocycles. The predicted molar refractivity (Wildman–Crippen MR) is 99.4 cm³/mol. The molecule has 0 fully saturated rings. The van der Waals surface area contributed by atoms with Crippen LogP contribution in [0, 0.1) is 6.92 Å². The Morgan fingerprint density at radius 2 is 2.00 bits per heavy atom. The van der Waals surface area contributed by atoms with Crippen molar-refractivity contribution in [2.24, 2.45) is 0 Å². The van der Waals surface area contributed by atoms with Crippen LogP contribution in [0.4, 0.5) is 0 Å². The number of aryl methyl sites for hydroxylation is 1. The average Bonchev–Trinajstić information content (AvgIpc) is 3.07. The molecule has 0 spiro atoms. The fourth-order valence-electron chi connectivity index (χ4n) is 2.46. The van der Waals surface area contributed by atoms with Crippen molar-refractivity contribution in [2.45, 2.75) is 27.4 Å². The Kier molecular flexibility index (Phi) is 7.34. The molecule has 1 amide bonds. The number of likely N-dealkylation sites (N-methyl/N-ethyl adjacent to an activating group) is 1. The van der Waals surface area contributed by atoms with Crippen LogP contribution in [0.3, 0.4) is 0 Å². The van der Waals surface area contributed by atoms with E-state index < -0.39 is 0 Å². The molecular formula is C19H25ClN2O3. The Labute approximate surface area is 153 Å². The van der Waals surface area contributed by atoms with Gasteiger partial charge in [0.25, 0.3) is 5.91 Å². The highest BCUT2D eigenvalue weighted by Gasteiger charge is 2.12. The van der Waals surface area contributed by atoms with Crippen molar-refractivity contribution in [3.05, 3.63) is 52.4 Å². The number of carbonyl (C=O) groups excluding carboxylic acids is 1. The van der Waals surface area contributed by atoms with Crippen LogP contribution in [0.5, 0.6) is 5.75 Å². The second-order valence-electron chi connectivity index (χ2n) is 5.75. The van der Waals surface area contributed by atoms with Crippen molar-refractivity contribution in [3.8, 4) is 5.75 Å². The van der Waals surface area contributed by atoms with Crippen molar-refractivity contribution in [1.29, 1.82) is 0 Å². The lowest BCUT2D eigenvalue weighted by Gasteiger charge is -2.17. The van der Waals surface area contributed by atoms with E-state index in [9.17, 15) is 4.79 Å². The third-order valence-electron chi connectivity index (χ3n) is 4.00. The van der Waals surface area contributed by atoms with Gasteiger partial charge in [0, 0.05) is 18.1 Å². The van der Waals surface area contributed by atoms with E-state index in [0.29, 0.717) is 23.1 Å². The molecule has 2 aromatic rings. The fourth-order valence-corrected chi connectivity index (χ4v) is 2.68. The number of carbonyl (C=O) groups is 1. The van der Waals surface area contributed by atoms with E-state index in [1.807, 2.05) is 19.1 Å². The number of rotatable bonds is 9. The first-order chi connectivity index (χ1) is 12.0. The summed E-state index contributed by atoms with van der Waals surface area (Å²) in [5.74, 6) is 1.43. The number of hydrogen-bond donors (Lipinski definition) is 1. The standard InChI is InChI=1S/C19H25ClN2O3/c1-4-22(5-2)11-10-21-19(23)18-9-7-16(25-18)13-24-17-8-6-15(20)12-14(17)3/h6-9,12H,4-5,10-11,13H2,1-3H3,(H,21,23). The largest absolute Gasteiger partial charge is 0.485 e. The van der Waals surface area contributed by atoms with Gasteiger partial charge in [0.15, 0.2) is 5.76 Å². The molecule has 1 aromatic heterocycles. The minimum atomic E-state index is -0.207. The lowest BCUT2D eigenvalue weighted by Crippen LogP contribution is -2.34. The number of benzene rings is 1. The molecule has 6 heteroatoms. The summed E-state index contributed by atoms with van der Waals surface area (Å²) in [5.41, 5.74) is 0.952. The molecule has 25 heavy (non-hydrogen) atoms. The fraction of sp³-hybridized carbons (Fsp3) is 0.421. The van der Waals surface area contributed by atoms with Crippen LogP contribution in [0.1, 0.15) is 35.7 Å². The van der Waals surface area contributed by atoms with E-state index in [-0.39, 0.29) is 12.5 Å². The molecule has 0 aliphatic heterocycles. The second-order valence-corrected chi connectivity index (χ2v) is 6.18. The Bertz CT molecular complexity index is 696. The molecule has 0 bridgehead atoms. The van der Waals surface area contributed by atoms with E-state index in [4.69, 9.17) is 20.8 Å². The van der Waals surface area contributed by atoms with Gasteiger partial charge in [0.1, 0.15) is 18.1 Å². The van der Waals surface area contributed by atoms with Crippen molar-refractivity contribution in [1.82, 2.24) is 10.2 Å². The normalized spacial score (nSPS) is 10.9. The monoisotopic (exact) mass is 364 g/mol. The minimum Gasteiger partial charge on any atom is -0.485 e. The quantitative estimate of drug-likeness (QED) is 0.733. The molecule has 0 unspecified atom stereocenters. The van der Waals surface area contributed by atoms with Crippen molar-refractivity contribution < 1.29 is 13.9 Å². The number of nitrogens with zero attached hydrogens (tertiary/aromatic N) is 1. The zero-order valence-electron chi connectivity index (χ0n) is 15.0. The van der Waals surface area contributed by atoms with E-state index in [1.54, 1.807) is 18.2 Å². The molecule has 5 nitrogen and oxygen atoms in total. The SMILES string of the molecule is CCN(CC)CCNC(=O)c1ccc(COc2ccc(Cl)cc2C)o1. The van der Waals surface area contributed by atoms with Gasteiger partial charge in [0.2, 0.25) is 0 Å². The van der Waals surface area contributed by atoms with Crippen LogP contribution >= 0.6 is 11.6 Å². The summed E-state index contributed by atoms with van der Waals surface area (Å²) in [5, 5.41) is 3.54. The van der Waals surface area contributed by atoms with Crippen LogP contribution in [-0.2, 0) is 6.61 Å². The molecule has 136 valence electrons. The van der Waals surface area contributed by atoms with Crippen LogP contribution in [-0.4, -0.2) is 37.0 Å². The van der Waals surface area contributed by atoms with Gasteiger partial charge in [-0.25, -0.2) is 0 Å². The molecule has 0 aliphatic rings. The summed E-state index contributed by atoms with van der Waals surface area (Å²) < 4.78 is 11.3. The van der Waals surface area contributed by atoms with Gasteiger partial charge in [-0.1, -0.05) is 25.4 Å². The van der Waals surface area contributed by atoms with E-state index in [0.717, 1.165) is 30.9 Å². The van der Waals surface area contributed by atoms with Gasteiger partial charge in [-0.3, -0.25) is 4.79 Å². The number of ether oxygens (including phenoxy) is 1. The summed E-state index contributed by atoms with van der Waals surface area (Å²) in [6, 6.07) is 8.86.